The van der Waals surface area contributed by atoms with E-state index in [0.717, 1.165) is 35.5 Å². The van der Waals surface area contributed by atoms with Crippen molar-refractivity contribution in [3.63, 3.8) is 0 Å². The van der Waals surface area contributed by atoms with Crippen molar-refractivity contribution < 1.29 is 0 Å². The predicted octanol–water partition coefficient (Wildman–Crippen LogP) is 3.95. The number of hydrogen-bond donors (Lipinski definition) is 0. The van der Waals surface area contributed by atoms with Crippen LogP contribution in [0.4, 0.5) is 0 Å². The van der Waals surface area contributed by atoms with Crippen molar-refractivity contribution in [2.24, 2.45) is 0 Å². The molecule has 0 saturated carbocycles. The minimum Gasteiger partial charge on any atom is -0.192 e. The van der Waals surface area contributed by atoms with Crippen LogP contribution >= 0.6 is 11.8 Å². The molecule has 0 aliphatic rings. The van der Waals surface area contributed by atoms with Crippen molar-refractivity contribution in [2.75, 3.05) is 11.5 Å². The summed E-state index contributed by atoms with van der Waals surface area (Å²) in [4.78, 5) is 0. The zero-order valence-electron chi connectivity index (χ0n) is 11.7. The third-order valence-electron chi connectivity index (χ3n) is 3.18. The Hall–Kier alpha value is -2.23. The molecule has 0 heterocycles. The molecular weight excluding hydrogens is 276 g/mol. The maximum atomic E-state index is 8.86. The fourth-order valence-corrected chi connectivity index (χ4v) is 3.04. The van der Waals surface area contributed by atoms with Crippen LogP contribution in [0.25, 0.3) is 0 Å². The molecule has 2 rings (SSSR count). The van der Waals surface area contributed by atoms with Crippen LogP contribution in [-0.4, -0.2) is 11.5 Å². The van der Waals surface area contributed by atoms with Gasteiger partial charge in [0.15, 0.2) is 0 Å². The highest BCUT2D eigenvalue weighted by Gasteiger charge is 1.98. The molecule has 0 atom stereocenters. The SMILES string of the molecule is N#Cc1cccc(CCSCCc2cccc(C#N)c2)c1. The van der Waals surface area contributed by atoms with E-state index in [4.69, 9.17) is 10.5 Å². The Labute approximate surface area is 130 Å². The minimum atomic E-state index is 0.728. The van der Waals surface area contributed by atoms with Gasteiger partial charge in [-0.1, -0.05) is 24.3 Å². The molecule has 21 heavy (non-hydrogen) atoms. The summed E-state index contributed by atoms with van der Waals surface area (Å²) in [6.07, 6.45) is 1.97. The number of aryl methyl sites for hydroxylation is 2. The lowest BCUT2D eigenvalue weighted by Gasteiger charge is -2.04. The number of benzene rings is 2. The summed E-state index contributed by atoms with van der Waals surface area (Å²) in [5.41, 5.74) is 3.89. The first-order valence-electron chi connectivity index (χ1n) is 6.87. The summed E-state index contributed by atoms with van der Waals surface area (Å²) in [7, 11) is 0. The van der Waals surface area contributed by atoms with E-state index in [9.17, 15) is 0 Å². The Balaban J connectivity index is 1.72. The van der Waals surface area contributed by atoms with E-state index in [2.05, 4.69) is 24.3 Å². The van der Waals surface area contributed by atoms with Crippen LogP contribution in [0.1, 0.15) is 22.3 Å². The lowest BCUT2D eigenvalue weighted by Crippen LogP contribution is -1.94. The molecule has 0 fully saturated rings. The van der Waals surface area contributed by atoms with Gasteiger partial charge in [0.1, 0.15) is 0 Å². The van der Waals surface area contributed by atoms with Gasteiger partial charge in [-0.05, 0) is 59.7 Å². The molecule has 2 nitrogen and oxygen atoms in total. The quantitative estimate of drug-likeness (QED) is 0.757. The van der Waals surface area contributed by atoms with Crippen LogP contribution in [0.15, 0.2) is 48.5 Å². The van der Waals surface area contributed by atoms with Crippen molar-refractivity contribution in [1.82, 2.24) is 0 Å². The fourth-order valence-electron chi connectivity index (χ4n) is 2.07. The molecule has 0 spiro atoms. The topological polar surface area (TPSA) is 47.6 Å². The van der Waals surface area contributed by atoms with Crippen molar-refractivity contribution in [2.45, 2.75) is 12.8 Å². The second-order valence-electron chi connectivity index (χ2n) is 4.74. The Morgan fingerprint density at radius 2 is 1.24 bits per heavy atom. The van der Waals surface area contributed by atoms with Crippen LogP contribution < -0.4 is 0 Å². The van der Waals surface area contributed by atoms with E-state index in [1.54, 1.807) is 0 Å². The summed E-state index contributed by atoms with van der Waals surface area (Å²) >= 11 is 1.90. The van der Waals surface area contributed by atoms with Crippen LogP contribution in [0.2, 0.25) is 0 Å². The fraction of sp³-hybridized carbons (Fsp3) is 0.222. The molecular formula is C18H16N2S. The molecule has 2 aromatic carbocycles. The van der Waals surface area contributed by atoms with Crippen molar-refractivity contribution in [3.05, 3.63) is 70.8 Å². The summed E-state index contributed by atoms with van der Waals surface area (Å²) < 4.78 is 0. The van der Waals surface area contributed by atoms with E-state index >= 15 is 0 Å². The minimum absolute atomic E-state index is 0.728. The molecule has 0 radical (unpaired) electrons. The summed E-state index contributed by atoms with van der Waals surface area (Å²) in [5, 5.41) is 17.7. The van der Waals surface area contributed by atoms with Crippen LogP contribution in [0.3, 0.4) is 0 Å². The van der Waals surface area contributed by atoms with Gasteiger partial charge in [-0.2, -0.15) is 22.3 Å². The van der Waals surface area contributed by atoms with Gasteiger partial charge in [-0.3, -0.25) is 0 Å². The average molecular weight is 292 g/mol. The number of nitriles is 2. The molecule has 0 amide bonds. The molecule has 0 bridgehead atoms. The van der Waals surface area contributed by atoms with Crippen molar-refractivity contribution >= 4 is 11.8 Å². The summed E-state index contributed by atoms with van der Waals surface area (Å²) in [5.74, 6) is 2.10. The van der Waals surface area contributed by atoms with E-state index in [1.165, 1.54) is 11.1 Å². The highest BCUT2D eigenvalue weighted by Crippen LogP contribution is 2.12. The zero-order chi connectivity index (χ0) is 14.9. The molecule has 0 saturated heterocycles. The maximum absolute atomic E-state index is 8.86. The van der Waals surface area contributed by atoms with Gasteiger partial charge in [0, 0.05) is 0 Å². The molecule has 0 aromatic heterocycles. The largest absolute Gasteiger partial charge is 0.192 e. The highest BCUT2D eigenvalue weighted by atomic mass is 32.2. The van der Waals surface area contributed by atoms with Gasteiger partial charge in [0.25, 0.3) is 0 Å². The second kappa shape index (κ2) is 8.15. The Bertz CT molecular complexity index is 621. The lowest BCUT2D eigenvalue weighted by atomic mass is 10.1. The van der Waals surface area contributed by atoms with Gasteiger partial charge >= 0.3 is 0 Å². The number of thioether (sulfide) groups is 1. The molecule has 0 aliphatic carbocycles. The molecule has 0 N–H and O–H groups in total. The predicted molar refractivity (Wildman–Crippen MR) is 87.0 cm³/mol. The number of hydrogen-bond acceptors (Lipinski definition) is 3. The first-order chi connectivity index (χ1) is 10.3. The van der Waals surface area contributed by atoms with Gasteiger partial charge in [-0.15, -0.1) is 0 Å². The zero-order valence-corrected chi connectivity index (χ0v) is 12.6. The Kier molecular flexibility index (Phi) is 5.88. The molecule has 0 unspecified atom stereocenters. The van der Waals surface area contributed by atoms with Gasteiger partial charge in [0.05, 0.1) is 23.3 Å². The van der Waals surface area contributed by atoms with Gasteiger partial charge in [0.2, 0.25) is 0 Å². The third-order valence-corrected chi connectivity index (χ3v) is 4.17. The summed E-state index contributed by atoms with van der Waals surface area (Å²) in [6, 6.07) is 19.9. The van der Waals surface area contributed by atoms with E-state index in [-0.39, 0.29) is 0 Å². The van der Waals surface area contributed by atoms with Crippen LogP contribution in [-0.2, 0) is 12.8 Å². The third kappa shape index (κ3) is 4.99. The first-order valence-corrected chi connectivity index (χ1v) is 8.03. The maximum Gasteiger partial charge on any atom is 0.0991 e. The lowest BCUT2D eigenvalue weighted by molar-refractivity contribution is 1.12. The second-order valence-corrected chi connectivity index (χ2v) is 5.96. The molecule has 2 aromatic rings. The van der Waals surface area contributed by atoms with E-state index < -0.39 is 0 Å². The van der Waals surface area contributed by atoms with Gasteiger partial charge in [-0.25, -0.2) is 0 Å². The van der Waals surface area contributed by atoms with Gasteiger partial charge < -0.3 is 0 Å². The summed E-state index contributed by atoms with van der Waals surface area (Å²) in [6.45, 7) is 0. The highest BCUT2D eigenvalue weighted by molar-refractivity contribution is 7.99. The monoisotopic (exact) mass is 292 g/mol. The Morgan fingerprint density at radius 3 is 1.67 bits per heavy atom. The molecule has 0 aliphatic heterocycles. The smallest absolute Gasteiger partial charge is 0.0991 e. The van der Waals surface area contributed by atoms with Crippen LogP contribution in [0, 0.1) is 22.7 Å². The average Bonchev–Trinajstić information content (AvgIpc) is 2.55. The standard InChI is InChI=1S/C18H16N2S/c19-13-17-5-1-3-15(11-17)7-9-21-10-8-16-4-2-6-18(12-16)14-20/h1-6,11-12H,7-10H2. The Morgan fingerprint density at radius 1 is 0.762 bits per heavy atom. The number of nitrogens with zero attached hydrogens (tertiary/aromatic N) is 2. The normalized spacial score (nSPS) is 9.81. The van der Waals surface area contributed by atoms with Crippen LogP contribution in [0.5, 0.6) is 0 Å². The molecule has 3 heteroatoms. The van der Waals surface area contributed by atoms with Crippen molar-refractivity contribution in [1.29, 1.82) is 10.5 Å². The number of rotatable bonds is 6. The van der Waals surface area contributed by atoms with E-state index in [1.807, 2.05) is 48.2 Å². The van der Waals surface area contributed by atoms with E-state index in [0.29, 0.717) is 0 Å². The van der Waals surface area contributed by atoms with Crippen molar-refractivity contribution in [3.8, 4) is 12.1 Å². The molecule has 104 valence electrons. The first kappa shape index (κ1) is 15.2.